The molecule has 0 aromatic heterocycles. The molecule has 188 valence electrons. The first-order valence-corrected chi connectivity index (χ1v) is 13.8. The van der Waals surface area contributed by atoms with Crippen molar-refractivity contribution in [3.8, 4) is 5.75 Å². The number of sulfonamides is 1. The average molecular weight is 493 g/mol. The Morgan fingerprint density at radius 2 is 1.88 bits per heavy atom. The van der Waals surface area contributed by atoms with Crippen molar-refractivity contribution in [3.63, 3.8) is 0 Å². The summed E-state index contributed by atoms with van der Waals surface area (Å²) in [6.07, 6.45) is 5.60. The molecule has 2 saturated heterocycles. The zero-order chi connectivity index (χ0) is 24.3. The second kappa shape index (κ2) is 10.6. The van der Waals surface area contributed by atoms with E-state index < -0.39 is 16.1 Å². The molecular formula is C24H36N4O5S. The molecule has 1 aromatic rings. The van der Waals surface area contributed by atoms with Crippen LogP contribution in [0.2, 0.25) is 0 Å². The van der Waals surface area contributed by atoms with Gasteiger partial charge in [-0.2, -0.15) is 4.31 Å². The molecule has 34 heavy (non-hydrogen) atoms. The summed E-state index contributed by atoms with van der Waals surface area (Å²) in [6, 6.07) is 3.11. The Labute approximate surface area is 202 Å². The van der Waals surface area contributed by atoms with Crippen molar-refractivity contribution in [2.24, 2.45) is 5.92 Å². The molecule has 0 unspecified atom stereocenters. The summed E-state index contributed by atoms with van der Waals surface area (Å²) < 4.78 is 34.0. The molecule has 0 radical (unpaired) electrons. The Morgan fingerprint density at radius 3 is 2.62 bits per heavy atom. The normalized spacial score (nSPS) is 24.5. The second-order valence-corrected chi connectivity index (χ2v) is 11.5. The lowest BCUT2D eigenvalue weighted by Crippen LogP contribution is -2.46. The van der Waals surface area contributed by atoms with Crippen LogP contribution in [0.25, 0.3) is 0 Å². The first kappa shape index (κ1) is 24.9. The maximum Gasteiger partial charge on any atom is 0.265 e. The van der Waals surface area contributed by atoms with E-state index in [2.05, 4.69) is 15.5 Å². The summed E-state index contributed by atoms with van der Waals surface area (Å²) in [5.41, 5.74) is 1.00. The fraction of sp³-hybridized carbons (Fsp3) is 0.667. The monoisotopic (exact) mass is 492 g/mol. The number of nitrogens with zero attached hydrogens (tertiary/aromatic N) is 2. The maximum atomic E-state index is 13.5. The predicted octanol–water partition coefficient (Wildman–Crippen LogP) is 2.11. The number of rotatable bonds is 6. The van der Waals surface area contributed by atoms with E-state index in [9.17, 15) is 18.0 Å². The number of aryl methyl sites for hydroxylation is 1. The van der Waals surface area contributed by atoms with Gasteiger partial charge in [-0.1, -0.05) is 12.8 Å². The smallest absolute Gasteiger partial charge is 0.265 e. The van der Waals surface area contributed by atoms with Crippen LogP contribution < -0.4 is 15.4 Å². The van der Waals surface area contributed by atoms with Gasteiger partial charge in [-0.3, -0.25) is 9.59 Å². The molecule has 10 heteroatoms. The molecule has 2 N–H and O–H groups in total. The van der Waals surface area contributed by atoms with Gasteiger partial charge in [0.15, 0.2) is 6.10 Å². The highest BCUT2D eigenvalue weighted by Gasteiger charge is 2.35. The van der Waals surface area contributed by atoms with Crippen LogP contribution >= 0.6 is 0 Å². The first-order valence-electron chi connectivity index (χ1n) is 12.4. The summed E-state index contributed by atoms with van der Waals surface area (Å²) in [4.78, 5) is 27.3. The molecule has 3 aliphatic heterocycles. The number of carbonyl (C=O) groups excluding carboxylic acids is 2. The topological polar surface area (TPSA) is 108 Å². The van der Waals surface area contributed by atoms with Gasteiger partial charge >= 0.3 is 0 Å². The fourth-order valence-corrected chi connectivity index (χ4v) is 6.72. The van der Waals surface area contributed by atoms with E-state index in [1.165, 1.54) is 36.1 Å². The van der Waals surface area contributed by atoms with E-state index in [4.69, 9.17) is 4.74 Å². The minimum Gasteiger partial charge on any atom is -0.479 e. The molecule has 2 atom stereocenters. The summed E-state index contributed by atoms with van der Waals surface area (Å²) >= 11 is 0. The zero-order valence-electron chi connectivity index (χ0n) is 20.1. The van der Waals surface area contributed by atoms with Gasteiger partial charge in [-0.15, -0.1) is 0 Å². The standard InChI is InChI=1S/C24H36N4O5S/c1-17-14-20-21(33-18(2)23(29)26-20)15-22(17)34(31,32)28-12-7-8-19(16-28)24(30)25-9-13-27-10-5-3-4-6-11-27/h14-15,18-19H,3-13,16H2,1-2H3,(H,25,30)(H,26,29)/t18-,19-/m1/s1. The quantitative estimate of drug-likeness (QED) is 0.630. The van der Waals surface area contributed by atoms with Crippen molar-refractivity contribution in [1.82, 2.24) is 14.5 Å². The summed E-state index contributed by atoms with van der Waals surface area (Å²) in [5, 5.41) is 5.78. The number of carbonyl (C=O) groups is 2. The van der Waals surface area contributed by atoms with E-state index in [1.807, 2.05) is 0 Å². The van der Waals surface area contributed by atoms with Crippen LogP contribution in [0.1, 0.15) is 51.0 Å². The Morgan fingerprint density at radius 1 is 1.15 bits per heavy atom. The molecule has 9 nitrogen and oxygen atoms in total. The van der Waals surface area contributed by atoms with Crippen LogP contribution in [0.3, 0.4) is 0 Å². The minimum absolute atomic E-state index is 0.0724. The third kappa shape index (κ3) is 5.55. The number of hydrogen-bond acceptors (Lipinski definition) is 6. The van der Waals surface area contributed by atoms with Crippen molar-refractivity contribution < 1.29 is 22.7 Å². The Hall–Kier alpha value is -2.17. The zero-order valence-corrected chi connectivity index (χ0v) is 21.0. The maximum absolute atomic E-state index is 13.5. The predicted molar refractivity (Wildman–Crippen MR) is 129 cm³/mol. The molecule has 0 saturated carbocycles. The molecule has 4 rings (SSSR count). The second-order valence-electron chi connectivity index (χ2n) is 9.61. The number of likely N-dealkylation sites (tertiary alicyclic amines) is 1. The lowest BCUT2D eigenvalue weighted by Gasteiger charge is -2.32. The number of hydrogen-bond donors (Lipinski definition) is 2. The molecule has 3 aliphatic rings. The van der Waals surface area contributed by atoms with Crippen molar-refractivity contribution in [3.05, 3.63) is 17.7 Å². The highest BCUT2D eigenvalue weighted by molar-refractivity contribution is 7.89. The largest absolute Gasteiger partial charge is 0.479 e. The average Bonchev–Trinajstić information content (AvgIpc) is 3.08. The SMILES string of the molecule is Cc1cc2c(cc1S(=O)(=O)N1CCC[C@@H](C(=O)NCCN3CCCCCC3)C1)O[C@H](C)C(=O)N2. The fourth-order valence-electron chi connectivity index (χ4n) is 4.98. The van der Waals surface area contributed by atoms with Gasteiger partial charge in [0.25, 0.3) is 5.91 Å². The van der Waals surface area contributed by atoms with E-state index >= 15 is 0 Å². The van der Waals surface area contributed by atoms with Gasteiger partial charge in [0, 0.05) is 32.2 Å². The Kier molecular flexibility index (Phi) is 7.79. The van der Waals surface area contributed by atoms with Crippen LogP contribution in [0, 0.1) is 12.8 Å². The van der Waals surface area contributed by atoms with Crippen LogP contribution in [0.5, 0.6) is 5.75 Å². The third-order valence-electron chi connectivity index (χ3n) is 7.01. The van der Waals surface area contributed by atoms with Crippen LogP contribution in [0.15, 0.2) is 17.0 Å². The van der Waals surface area contributed by atoms with E-state index in [0.717, 1.165) is 19.6 Å². The van der Waals surface area contributed by atoms with Gasteiger partial charge in [0.2, 0.25) is 15.9 Å². The van der Waals surface area contributed by atoms with E-state index in [1.54, 1.807) is 19.9 Å². The van der Waals surface area contributed by atoms with E-state index in [0.29, 0.717) is 42.9 Å². The molecule has 2 amide bonds. The number of nitrogens with one attached hydrogen (secondary N) is 2. The molecule has 3 heterocycles. The molecule has 0 bridgehead atoms. The molecule has 2 fully saturated rings. The number of anilines is 1. The van der Waals surface area contributed by atoms with Gasteiger partial charge < -0.3 is 20.3 Å². The lowest BCUT2D eigenvalue weighted by molar-refractivity contribution is -0.126. The van der Waals surface area contributed by atoms with Crippen LogP contribution in [-0.4, -0.2) is 74.8 Å². The highest BCUT2D eigenvalue weighted by Crippen LogP contribution is 2.36. The number of ether oxygens (including phenoxy) is 1. The van der Waals surface area contributed by atoms with Crippen LogP contribution in [0.4, 0.5) is 5.69 Å². The number of fused-ring (bicyclic) bond motifs is 1. The molecule has 1 aromatic carbocycles. The molecule has 0 spiro atoms. The van der Waals surface area contributed by atoms with Gasteiger partial charge in [0.05, 0.1) is 16.5 Å². The van der Waals surface area contributed by atoms with Crippen LogP contribution in [-0.2, 0) is 19.6 Å². The summed E-state index contributed by atoms with van der Waals surface area (Å²) in [7, 11) is -3.81. The number of benzene rings is 1. The van der Waals surface area contributed by atoms with Crippen molar-refractivity contribution in [2.75, 3.05) is 44.6 Å². The highest BCUT2D eigenvalue weighted by atomic mass is 32.2. The Balaban J connectivity index is 1.39. The summed E-state index contributed by atoms with van der Waals surface area (Å²) in [6.45, 7) is 7.46. The lowest BCUT2D eigenvalue weighted by atomic mass is 9.99. The molecular weight excluding hydrogens is 456 g/mol. The van der Waals surface area contributed by atoms with Crippen molar-refractivity contribution in [1.29, 1.82) is 0 Å². The van der Waals surface area contributed by atoms with E-state index in [-0.39, 0.29) is 29.2 Å². The number of piperidine rings is 1. The summed E-state index contributed by atoms with van der Waals surface area (Å²) in [5.74, 6) is -0.350. The van der Waals surface area contributed by atoms with Gasteiger partial charge in [0.1, 0.15) is 5.75 Å². The van der Waals surface area contributed by atoms with Crippen molar-refractivity contribution >= 4 is 27.5 Å². The number of amides is 2. The third-order valence-corrected chi connectivity index (χ3v) is 9.01. The van der Waals surface area contributed by atoms with Gasteiger partial charge in [-0.05, 0) is 64.3 Å². The molecule has 0 aliphatic carbocycles. The minimum atomic E-state index is -3.81. The Bertz CT molecular complexity index is 1020. The van der Waals surface area contributed by atoms with Gasteiger partial charge in [-0.25, -0.2) is 8.42 Å². The van der Waals surface area contributed by atoms with Crippen molar-refractivity contribution in [2.45, 2.75) is 63.4 Å². The first-order chi connectivity index (χ1) is 16.3.